The molecule has 1 unspecified atom stereocenters. The maximum Gasteiger partial charge on any atom is 0.238 e. The van der Waals surface area contributed by atoms with E-state index in [1.807, 2.05) is 6.92 Å². The van der Waals surface area contributed by atoms with Crippen LogP contribution in [-0.4, -0.2) is 37.0 Å². The Labute approximate surface area is 93.2 Å². The van der Waals surface area contributed by atoms with Crippen molar-refractivity contribution in [3.8, 4) is 0 Å². The predicted octanol–water partition coefficient (Wildman–Crippen LogP) is 1.63. The molecule has 1 fully saturated rings. The lowest BCUT2D eigenvalue weighted by atomic mass is 9.99. The number of amides is 1. The van der Waals surface area contributed by atoms with Crippen molar-refractivity contribution in [2.24, 2.45) is 5.92 Å². The second kappa shape index (κ2) is 5.50. The summed E-state index contributed by atoms with van der Waals surface area (Å²) in [6, 6.07) is 0.405. The third-order valence-corrected chi connectivity index (χ3v) is 3.43. The second-order valence-corrected chi connectivity index (χ2v) is 4.95. The minimum Gasteiger partial charge on any atom is -0.347 e. The first kappa shape index (κ1) is 12.5. The van der Waals surface area contributed by atoms with Crippen molar-refractivity contribution in [3.05, 3.63) is 0 Å². The molecule has 15 heavy (non-hydrogen) atoms. The van der Waals surface area contributed by atoms with Gasteiger partial charge in [-0.05, 0) is 32.6 Å². The van der Waals surface area contributed by atoms with Crippen molar-refractivity contribution in [1.82, 2.24) is 10.2 Å². The summed E-state index contributed by atoms with van der Waals surface area (Å²) in [4.78, 5) is 13.3. The van der Waals surface area contributed by atoms with Gasteiger partial charge in [-0.2, -0.15) is 0 Å². The van der Waals surface area contributed by atoms with Crippen LogP contribution in [0.1, 0.15) is 39.5 Å². The summed E-state index contributed by atoms with van der Waals surface area (Å²) in [5.74, 6) is 0.933. The lowest BCUT2D eigenvalue weighted by Gasteiger charge is -2.25. The zero-order valence-electron chi connectivity index (χ0n) is 10.4. The molecular formula is C12H24N2O. The van der Waals surface area contributed by atoms with Crippen LogP contribution in [0.25, 0.3) is 0 Å². The molecule has 1 rings (SSSR count). The number of carbonyl (C=O) groups is 1. The van der Waals surface area contributed by atoms with E-state index in [0.717, 1.165) is 5.92 Å². The quantitative estimate of drug-likeness (QED) is 0.768. The van der Waals surface area contributed by atoms with Crippen molar-refractivity contribution >= 4 is 5.91 Å². The average Bonchev–Trinajstić information content (AvgIpc) is 2.68. The van der Waals surface area contributed by atoms with Crippen molar-refractivity contribution in [2.45, 2.75) is 51.6 Å². The first-order valence-electron chi connectivity index (χ1n) is 5.99. The van der Waals surface area contributed by atoms with Crippen LogP contribution in [-0.2, 0) is 4.79 Å². The Morgan fingerprint density at radius 3 is 2.27 bits per heavy atom. The SMILES string of the molecule is CC(N[C@H](C)C(=O)N(C)C)C1CCCC1. The van der Waals surface area contributed by atoms with Gasteiger partial charge in [0.25, 0.3) is 0 Å². The summed E-state index contributed by atoms with van der Waals surface area (Å²) in [5, 5.41) is 3.41. The first-order chi connectivity index (χ1) is 7.02. The number of nitrogens with zero attached hydrogens (tertiary/aromatic N) is 1. The molecule has 3 nitrogen and oxygen atoms in total. The average molecular weight is 212 g/mol. The fourth-order valence-electron chi connectivity index (χ4n) is 2.45. The fourth-order valence-corrected chi connectivity index (χ4v) is 2.45. The van der Waals surface area contributed by atoms with Gasteiger partial charge in [-0.25, -0.2) is 0 Å². The Morgan fingerprint density at radius 1 is 1.27 bits per heavy atom. The molecule has 0 aromatic rings. The van der Waals surface area contributed by atoms with E-state index in [0.29, 0.717) is 6.04 Å². The van der Waals surface area contributed by atoms with E-state index in [9.17, 15) is 4.79 Å². The van der Waals surface area contributed by atoms with Crippen LogP contribution in [0.2, 0.25) is 0 Å². The van der Waals surface area contributed by atoms with Gasteiger partial charge in [0.15, 0.2) is 0 Å². The Hall–Kier alpha value is -0.570. The van der Waals surface area contributed by atoms with Crippen LogP contribution < -0.4 is 5.32 Å². The minimum atomic E-state index is -0.0596. The standard InChI is InChI=1S/C12H24N2O/c1-9(11-7-5-6-8-11)13-10(2)12(15)14(3)4/h9-11,13H,5-8H2,1-4H3/t9?,10-/m1/s1. The van der Waals surface area contributed by atoms with Gasteiger partial charge in [0.2, 0.25) is 5.91 Å². The van der Waals surface area contributed by atoms with Gasteiger partial charge in [-0.1, -0.05) is 12.8 Å². The van der Waals surface area contributed by atoms with E-state index in [4.69, 9.17) is 0 Å². The highest BCUT2D eigenvalue weighted by Crippen LogP contribution is 2.27. The number of nitrogens with one attached hydrogen (secondary N) is 1. The van der Waals surface area contributed by atoms with Crippen LogP contribution in [0.5, 0.6) is 0 Å². The third kappa shape index (κ3) is 3.49. The van der Waals surface area contributed by atoms with Gasteiger partial charge in [-0.15, -0.1) is 0 Å². The topological polar surface area (TPSA) is 32.3 Å². The number of rotatable bonds is 4. The lowest BCUT2D eigenvalue weighted by molar-refractivity contribution is -0.130. The van der Waals surface area contributed by atoms with E-state index in [-0.39, 0.29) is 11.9 Å². The second-order valence-electron chi connectivity index (χ2n) is 4.95. The molecule has 0 aliphatic heterocycles. The molecule has 88 valence electrons. The van der Waals surface area contributed by atoms with Crippen LogP contribution in [0.4, 0.5) is 0 Å². The summed E-state index contributed by atoms with van der Waals surface area (Å²) >= 11 is 0. The molecule has 0 heterocycles. The maximum atomic E-state index is 11.7. The molecule has 1 aliphatic rings. The number of carbonyl (C=O) groups excluding carboxylic acids is 1. The molecule has 0 bridgehead atoms. The molecule has 1 saturated carbocycles. The van der Waals surface area contributed by atoms with Gasteiger partial charge < -0.3 is 10.2 Å². The number of likely N-dealkylation sites (N-methyl/N-ethyl adjacent to an activating group) is 1. The van der Waals surface area contributed by atoms with E-state index in [1.165, 1.54) is 25.7 Å². The van der Waals surface area contributed by atoms with Gasteiger partial charge in [0.1, 0.15) is 0 Å². The molecule has 2 atom stereocenters. The largest absolute Gasteiger partial charge is 0.347 e. The molecule has 1 amide bonds. The Bertz CT molecular complexity index is 210. The number of hydrogen-bond donors (Lipinski definition) is 1. The Balaban J connectivity index is 2.36. The predicted molar refractivity (Wildman–Crippen MR) is 62.7 cm³/mol. The molecule has 0 aromatic carbocycles. The van der Waals surface area contributed by atoms with E-state index in [1.54, 1.807) is 19.0 Å². The van der Waals surface area contributed by atoms with E-state index < -0.39 is 0 Å². The highest BCUT2D eigenvalue weighted by Gasteiger charge is 2.24. The summed E-state index contributed by atoms with van der Waals surface area (Å²) < 4.78 is 0. The van der Waals surface area contributed by atoms with Crippen molar-refractivity contribution in [2.75, 3.05) is 14.1 Å². The van der Waals surface area contributed by atoms with Crippen molar-refractivity contribution < 1.29 is 4.79 Å². The maximum absolute atomic E-state index is 11.7. The van der Waals surface area contributed by atoms with E-state index in [2.05, 4.69) is 12.2 Å². The first-order valence-corrected chi connectivity index (χ1v) is 5.99. The summed E-state index contributed by atoms with van der Waals surface area (Å²) in [6.45, 7) is 4.16. The molecule has 0 radical (unpaired) electrons. The zero-order chi connectivity index (χ0) is 11.4. The molecule has 1 N–H and O–H groups in total. The van der Waals surface area contributed by atoms with Crippen molar-refractivity contribution in [3.63, 3.8) is 0 Å². The zero-order valence-corrected chi connectivity index (χ0v) is 10.4. The monoisotopic (exact) mass is 212 g/mol. The third-order valence-electron chi connectivity index (χ3n) is 3.43. The molecular weight excluding hydrogens is 188 g/mol. The summed E-state index contributed by atoms with van der Waals surface area (Å²) in [5.41, 5.74) is 0. The summed E-state index contributed by atoms with van der Waals surface area (Å²) in [6.07, 6.45) is 5.34. The van der Waals surface area contributed by atoms with Crippen LogP contribution in [0, 0.1) is 5.92 Å². The molecule has 0 spiro atoms. The van der Waals surface area contributed by atoms with Gasteiger partial charge in [-0.3, -0.25) is 4.79 Å². The van der Waals surface area contributed by atoms with Crippen LogP contribution in [0.3, 0.4) is 0 Å². The van der Waals surface area contributed by atoms with Crippen LogP contribution in [0.15, 0.2) is 0 Å². The van der Waals surface area contributed by atoms with Gasteiger partial charge in [0, 0.05) is 20.1 Å². The lowest BCUT2D eigenvalue weighted by Crippen LogP contribution is -2.47. The van der Waals surface area contributed by atoms with Gasteiger partial charge >= 0.3 is 0 Å². The van der Waals surface area contributed by atoms with Crippen LogP contribution >= 0.6 is 0 Å². The smallest absolute Gasteiger partial charge is 0.238 e. The highest BCUT2D eigenvalue weighted by molar-refractivity contribution is 5.80. The molecule has 1 aliphatic carbocycles. The number of hydrogen-bond acceptors (Lipinski definition) is 2. The minimum absolute atomic E-state index is 0.0596. The Morgan fingerprint density at radius 2 is 1.80 bits per heavy atom. The normalized spacial score (nSPS) is 21.3. The Kier molecular flexibility index (Phi) is 4.58. The summed E-state index contributed by atoms with van der Waals surface area (Å²) in [7, 11) is 3.61. The highest BCUT2D eigenvalue weighted by atomic mass is 16.2. The molecule has 0 saturated heterocycles. The van der Waals surface area contributed by atoms with Gasteiger partial charge in [0.05, 0.1) is 6.04 Å². The molecule has 3 heteroatoms. The van der Waals surface area contributed by atoms with Crippen molar-refractivity contribution in [1.29, 1.82) is 0 Å². The fraction of sp³-hybridized carbons (Fsp3) is 0.917. The van der Waals surface area contributed by atoms with E-state index >= 15 is 0 Å². The molecule has 0 aromatic heterocycles.